The number of hydrogen-bond acceptors (Lipinski definition) is 5. The van der Waals surface area contributed by atoms with Gasteiger partial charge in [0.1, 0.15) is 6.04 Å². The fourth-order valence-corrected chi connectivity index (χ4v) is 3.37. The Hall–Kier alpha value is -2.67. The number of carbonyl (C=O) groups is 3. The molecule has 7 nitrogen and oxygen atoms in total. The van der Waals surface area contributed by atoms with Gasteiger partial charge in [-0.05, 0) is 42.9 Å². The van der Waals surface area contributed by atoms with E-state index in [1.165, 1.54) is 0 Å². The van der Waals surface area contributed by atoms with Crippen molar-refractivity contribution in [1.29, 1.82) is 0 Å². The van der Waals surface area contributed by atoms with Crippen LogP contribution in [0.5, 0.6) is 0 Å². The maximum absolute atomic E-state index is 13.5. The Kier molecular flexibility index (Phi) is 10.1. The number of nitrogens with one attached hydrogen (secondary N) is 1. The molecular weight excluding hydrogens is 406 g/mol. The first-order valence-electron chi connectivity index (χ1n) is 11.1. The van der Waals surface area contributed by atoms with Crippen molar-refractivity contribution in [2.24, 2.45) is 17.1 Å². The zero-order chi connectivity index (χ0) is 24.6. The van der Waals surface area contributed by atoms with Crippen LogP contribution in [0.3, 0.4) is 0 Å². The summed E-state index contributed by atoms with van der Waals surface area (Å²) in [5, 5.41) is 2.91. The van der Waals surface area contributed by atoms with Gasteiger partial charge in [0, 0.05) is 24.7 Å². The Balaban J connectivity index is 3.20. The third-order valence-electron chi connectivity index (χ3n) is 5.31. The van der Waals surface area contributed by atoms with Crippen LogP contribution in [0.15, 0.2) is 35.9 Å². The largest absolute Gasteiger partial charge is 0.463 e. The van der Waals surface area contributed by atoms with Crippen LogP contribution in [0.25, 0.3) is 0 Å². The van der Waals surface area contributed by atoms with Crippen LogP contribution >= 0.6 is 0 Å². The Morgan fingerprint density at radius 2 is 1.84 bits per heavy atom. The summed E-state index contributed by atoms with van der Waals surface area (Å²) in [7, 11) is 1.70. The summed E-state index contributed by atoms with van der Waals surface area (Å²) < 4.78 is 5.07. The van der Waals surface area contributed by atoms with Crippen LogP contribution in [0, 0.1) is 11.3 Å². The van der Waals surface area contributed by atoms with Gasteiger partial charge in [-0.15, -0.1) is 0 Å². The first-order chi connectivity index (χ1) is 14.8. The normalized spacial score (nSPS) is 14.0. The molecule has 0 unspecified atom stereocenters. The fourth-order valence-electron chi connectivity index (χ4n) is 3.37. The van der Waals surface area contributed by atoms with Gasteiger partial charge in [0.15, 0.2) is 0 Å². The van der Waals surface area contributed by atoms with E-state index in [1.807, 2.05) is 40.7 Å². The SMILES string of the molecule is CCOC(=O)C(C)=C[C@H](C(C)C)N(C)C(=O)[C@@H](NC(=O)c1cccc(CN)c1)C(C)(C)C. The molecule has 7 heteroatoms. The minimum atomic E-state index is -0.765. The molecular formula is C25H39N3O4. The Morgan fingerprint density at radius 3 is 2.34 bits per heavy atom. The van der Waals surface area contributed by atoms with Gasteiger partial charge in [-0.1, -0.05) is 52.8 Å². The third kappa shape index (κ3) is 7.48. The van der Waals surface area contributed by atoms with Gasteiger partial charge in [-0.2, -0.15) is 0 Å². The smallest absolute Gasteiger partial charge is 0.333 e. The van der Waals surface area contributed by atoms with Crippen molar-refractivity contribution in [2.75, 3.05) is 13.7 Å². The van der Waals surface area contributed by atoms with Crippen molar-refractivity contribution in [2.45, 2.75) is 67.1 Å². The zero-order valence-electron chi connectivity index (χ0n) is 20.7. The summed E-state index contributed by atoms with van der Waals surface area (Å²) in [6.45, 7) is 13.7. The van der Waals surface area contributed by atoms with Gasteiger partial charge in [0.25, 0.3) is 5.91 Å². The lowest BCUT2D eigenvalue weighted by Gasteiger charge is -2.37. The van der Waals surface area contributed by atoms with Gasteiger partial charge in [-0.3, -0.25) is 9.59 Å². The molecule has 0 fully saturated rings. The van der Waals surface area contributed by atoms with Gasteiger partial charge < -0.3 is 20.7 Å². The number of rotatable bonds is 9. The van der Waals surface area contributed by atoms with Crippen molar-refractivity contribution in [1.82, 2.24) is 10.2 Å². The van der Waals surface area contributed by atoms with E-state index >= 15 is 0 Å². The molecule has 0 aliphatic heterocycles. The van der Waals surface area contributed by atoms with Gasteiger partial charge in [0.05, 0.1) is 12.6 Å². The van der Waals surface area contributed by atoms with E-state index in [2.05, 4.69) is 5.32 Å². The number of ether oxygens (including phenoxy) is 1. The summed E-state index contributed by atoms with van der Waals surface area (Å²) in [6, 6.07) is 5.95. The van der Waals surface area contributed by atoms with E-state index < -0.39 is 17.4 Å². The van der Waals surface area contributed by atoms with E-state index in [1.54, 1.807) is 50.1 Å². The summed E-state index contributed by atoms with van der Waals surface area (Å²) >= 11 is 0. The van der Waals surface area contributed by atoms with Gasteiger partial charge in [0.2, 0.25) is 5.91 Å². The molecule has 0 heterocycles. The van der Waals surface area contributed by atoms with E-state index in [4.69, 9.17) is 10.5 Å². The number of carbonyl (C=O) groups excluding carboxylic acids is 3. The second-order valence-electron chi connectivity index (χ2n) is 9.43. The monoisotopic (exact) mass is 445 g/mol. The first-order valence-corrected chi connectivity index (χ1v) is 11.1. The minimum absolute atomic E-state index is 0.0471. The summed E-state index contributed by atoms with van der Waals surface area (Å²) in [5.41, 5.74) is 6.89. The highest BCUT2D eigenvalue weighted by molar-refractivity contribution is 5.98. The summed E-state index contributed by atoms with van der Waals surface area (Å²) in [6.07, 6.45) is 1.76. The molecule has 1 rings (SSSR count). The molecule has 0 saturated carbocycles. The average molecular weight is 446 g/mol. The number of benzene rings is 1. The molecule has 0 aliphatic carbocycles. The molecule has 0 aliphatic rings. The predicted octanol–water partition coefficient (Wildman–Crippen LogP) is 3.28. The molecule has 178 valence electrons. The fraction of sp³-hybridized carbons (Fsp3) is 0.560. The molecule has 2 amide bonds. The number of nitrogens with two attached hydrogens (primary N) is 1. The number of esters is 1. The van der Waals surface area contributed by atoms with Crippen LogP contribution in [0.1, 0.15) is 64.4 Å². The maximum Gasteiger partial charge on any atom is 0.333 e. The Bertz CT molecular complexity index is 840. The molecule has 0 aromatic heterocycles. The highest BCUT2D eigenvalue weighted by Gasteiger charge is 2.37. The zero-order valence-corrected chi connectivity index (χ0v) is 20.7. The van der Waals surface area contributed by atoms with E-state index in [-0.39, 0.29) is 30.4 Å². The van der Waals surface area contributed by atoms with Crippen molar-refractivity contribution >= 4 is 17.8 Å². The molecule has 0 saturated heterocycles. The quantitative estimate of drug-likeness (QED) is 0.449. The molecule has 32 heavy (non-hydrogen) atoms. The molecule has 1 aromatic carbocycles. The van der Waals surface area contributed by atoms with Gasteiger partial charge in [-0.25, -0.2) is 4.79 Å². The number of hydrogen-bond donors (Lipinski definition) is 2. The van der Waals surface area contributed by atoms with Crippen LogP contribution in [0.4, 0.5) is 0 Å². The van der Waals surface area contributed by atoms with Crippen LogP contribution in [-0.4, -0.2) is 48.4 Å². The number of nitrogens with zero attached hydrogens (tertiary/aromatic N) is 1. The topological polar surface area (TPSA) is 102 Å². The van der Waals surface area contributed by atoms with Crippen molar-refractivity contribution in [3.05, 3.63) is 47.0 Å². The molecule has 0 spiro atoms. The van der Waals surface area contributed by atoms with E-state index in [9.17, 15) is 14.4 Å². The second kappa shape index (κ2) is 11.8. The minimum Gasteiger partial charge on any atom is -0.463 e. The van der Waals surface area contributed by atoms with E-state index in [0.29, 0.717) is 17.7 Å². The first kappa shape index (κ1) is 27.4. The van der Waals surface area contributed by atoms with Crippen molar-refractivity contribution in [3.8, 4) is 0 Å². The van der Waals surface area contributed by atoms with Crippen molar-refractivity contribution in [3.63, 3.8) is 0 Å². The molecule has 0 radical (unpaired) electrons. The van der Waals surface area contributed by atoms with E-state index in [0.717, 1.165) is 5.56 Å². The highest BCUT2D eigenvalue weighted by atomic mass is 16.5. The lowest BCUT2D eigenvalue weighted by atomic mass is 9.85. The molecule has 1 aromatic rings. The number of amides is 2. The molecule has 2 atom stereocenters. The highest BCUT2D eigenvalue weighted by Crippen LogP contribution is 2.24. The van der Waals surface area contributed by atoms with Crippen LogP contribution in [0.2, 0.25) is 0 Å². The standard InChI is InChI=1S/C25H39N3O4/c1-9-32-24(31)17(4)13-20(16(2)3)28(8)23(30)21(25(5,6)7)27-22(29)19-12-10-11-18(14-19)15-26/h10-14,16,20-21H,9,15,26H2,1-8H3,(H,27,29)/t20-,21-/m1/s1. The lowest BCUT2D eigenvalue weighted by Crippen LogP contribution is -2.56. The number of likely N-dealkylation sites (N-methyl/N-ethyl adjacent to an activating group) is 1. The van der Waals surface area contributed by atoms with Crippen molar-refractivity contribution < 1.29 is 19.1 Å². The lowest BCUT2D eigenvalue weighted by molar-refractivity contribution is -0.139. The Morgan fingerprint density at radius 1 is 1.22 bits per heavy atom. The van der Waals surface area contributed by atoms with Crippen LogP contribution in [-0.2, 0) is 20.9 Å². The Labute approximate surface area is 192 Å². The predicted molar refractivity (Wildman–Crippen MR) is 127 cm³/mol. The average Bonchev–Trinajstić information content (AvgIpc) is 2.73. The maximum atomic E-state index is 13.5. The van der Waals surface area contributed by atoms with Gasteiger partial charge >= 0.3 is 5.97 Å². The molecule has 3 N–H and O–H groups in total. The third-order valence-corrected chi connectivity index (χ3v) is 5.31. The second-order valence-corrected chi connectivity index (χ2v) is 9.43. The van der Waals surface area contributed by atoms with Crippen LogP contribution < -0.4 is 11.1 Å². The molecule has 0 bridgehead atoms. The summed E-state index contributed by atoms with van der Waals surface area (Å²) in [4.78, 5) is 40.2. The summed E-state index contributed by atoms with van der Waals surface area (Å²) in [5.74, 6) is -0.918.